The number of hydrogen-bond donors (Lipinski definition) is 3. The molecule has 3 N–H and O–H groups in total. The topological polar surface area (TPSA) is 81.8 Å². The van der Waals surface area contributed by atoms with Crippen LogP contribution in [0.4, 0.5) is 10.1 Å². The average molecular weight is 480 g/mol. The molecule has 9 heteroatoms. The monoisotopic (exact) mass is 479 g/mol. The van der Waals surface area contributed by atoms with E-state index < -0.39 is 0 Å². The number of aromatic nitrogens is 4. The fraction of sp³-hybridized carbons (Fsp3) is 0.320. The smallest absolute Gasteiger partial charge is 0.132 e. The summed E-state index contributed by atoms with van der Waals surface area (Å²) < 4.78 is 14.5. The van der Waals surface area contributed by atoms with Gasteiger partial charge in [-0.25, -0.2) is 9.37 Å². The third-order valence-corrected chi connectivity index (χ3v) is 6.26. The molecule has 0 spiro atoms. The lowest BCUT2D eigenvalue weighted by molar-refractivity contribution is 0.179. The van der Waals surface area contributed by atoms with E-state index in [0.717, 1.165) is 42.9 Å². The molecular weight excluding hydrogens is 453 g/mol. The maximum atomic E-state index is 14.5. The summed E-state index contributed by atoms with van der Waals surface area (Å²) >= 11 is 6.09. The number of nitrogens with one attached hydrogen (secondary N) is 3. The van der Waals surface area contributed by atoms with Gasteiger partial charge in [-0.15, -0.1) is 0 Å². The number of halogens is 2. The highest BCUT2D eigenvalue weighted by molar-refractivity contribution is 6.30. The summed E-state index contributed by atoms with van der Waals surface area (Å²) in [6.07, 6.45) is 3.55. The molecule has 1 aliphatic heterocycles. The summed E-state index contributed by atoms with van der Waals surface area (Å²) in [7, 11) is 0. The van der Waals surface area contributed by atoms with E-state index in [1.54, 1.807) is 12.3 Å². The van der Waals surface area contributed by atoms with Crippen molar-refractivity contribution in [2.24, 2.45) is 0 Å². The van der Waals surface area contributed by atoms with E-state index in [1.807, 2.05) is 24.4 Å². The summed E-state index contributed by atoms with van der Waals surface area (Å²) in [4.78, 5) is 11.8. The maximum Gasteiger partial charge on any atom is 0.132 e. The van der Waals surface area contributed by atoms with Gasteiger partial charge in [-0.1, -0.05) is 11.6 Å². The lowest BCUT2D eigenvalue weighted by atomic mass is 10.0. The van der Waals surface area contributed by atoms with Crippen molar-refractivity contribution in [1.29, 1.82) is 0 Å². The molecule has 4 heterocycles. The molecule has 3 aromatic heterocycles. The van der Waals surface area contributed by atoms with Gasteiger partial charge in [0.25, 0.3) is 0 Å². The Hall–Kier alpha value is -3.07. The molecule has 176 valence electrons. The van der Waals surface area contributed by atoms with Gasteiger partial charge in [-0.3, -0.25) is 15.0 Å². The maximum absolute atomic E-state index is 14.5. The van der Waals surface area contributed by atoms with Gasteiger partial charge in [0.1, 0.15) is 11.5 Å². The number of hydrogen-bond acceptors (Lipinski definition) is 6. The Labute approximate surface area is 202 Å². The van der Waals surface area contributed by atoms with Gasteiger partial charge in [0, 0.05) is 60.6 Å². The van der Waals surface area contributed by atoms with Crippen LogP contribution >= 0.6 is 11.6 Å². The number of anilines is 1. The zero-order valence-corrected chi connectivity index (χ0v) is 19.9. The normalized spacial score (nSPS) is 18.9. The number of rotatable bonds is 6. The zero-order valence-electron chi connectivity index (χ0n) is 19.1. The highest BCUT2D eigenvalue weighted by atomic mass is 35.5. The predicted molar refractivity (Wildman–Crippen MR) is 135 cm³/mol. The van der Waals surface area contributed by atoms with Crippen molar-refractivity contribution in [2.45, 2.75) is 25.9 Å². The Morgan fingerprint density at radius 1 is 1.09 bits per heavy atom. The molecule has 2 atom stereocenters. The summed E-state index contributed by atoms with van der Waals surface area (Å²) in [5.41, 5.74) is 4.64. The van der Waals surface area contributed by atoms with Crippen LogP contribution in [-0.4, -0.2) is 63.3 Å². The van der Waals surface area contributed by atoms with Crippen LogP contribution in [0.1, 0.15) is 13.8 Å². The third kappa shape index (κ3) is 4.89. The van der Waals surface area contributed by atoms with E-state index in [1.165, 1.54) is 12.1 Å². The van der Waals surface area contributed by atoms with Gasteiger partial charge in [-0.05, 0) is 50.2 Å². The second-order valence-corrected chi connectivity index (χ2v) is 9.32. The number of H-pyrrole nitrogens is 1. The summed E-state index contributed by atoms with van der Waals surface area (Å²) in [5, 5.41) is 14.6. The first-order valence-corrected chi connectivity index (χ1v) is 11.8. The van der Waals surface area contributed by atoms with Gasteiger partial charge >= 0.3 is 0 Å². The van der Waals surface area contributed by atoms with Crippen LogP contribution < -0.4 is 10.6 Å². The third-order valence-electron chi connectivity index (χ3n) is 6.03. The summed E-state index contributed by atoms with van der Waals surface area (Å²) in [5.74, 6) is -0.389. The molecule has 2 unspecified atom stereocenters. The SMILES string of the molecule is CC1CN(CCNc2cnc3ccc(-c4c[nH]nc4-c4cc(Cl)ccc4F)nc3c2)CC(C)N1. The first-order chi connectivity index (χ1) is 16.5. The van der Waals surface area contributed by atoms with Gasteiger partial charge in [0.2, 0.25) is 0 Å². The first-order valence-electron chi connectivity index (χ1n) is 11.4. The fourth-order valence-electron chi connectivity index (χ4n) is 4.60. The Morgan fingerprint density at radius 3 is 2.74 bits per heavy atom. The minimum Gasteiger partial charge on any atom is -0.382 e. The highest BCUT2D eigenvalue weighted by Gasteiger charge is 2.20. The molecule has 5 rings (SSSR count). The quantitative estimate of drug-likeness (QED) is 0.376. The Kier molecular flexibility index (Phi) is 6.45. The molecule has 4 aromatic rings. The van der Waals surface area contributed by atoms with E-state index in [0.29, 0.717) is 39.6 Å². The molecule has 0 bridgehead atoms. The van der Waals surface area contributed by atoms with Crippen LogP contribution in [0.15, 0.2) is 48.8 Å². The van der Waals surface area contributed by atoms with E-state index in [4.69, 9.17) is 16.6 Å². The average Bonchev–Trinajstić information content (AvgIpc) is 3.29. The van der Waals surface area contributed by atoms with Crippen LogP contribution in [0.5, 0.6) is 0 Å². The molecule has 0 radical (unpaired) electrons. The van der Waals surface area contributed by atoms with Crippen LogP contribution in [0.25, 0.3) is 33.5 Å². The molecule has 7 nitrogen and oxygen atoms in total. The van der Waals surface area contributed by atoms with Crippen molar-refractivity contribution in [3.8, 4) is 22.5 Å². The Bertz CT molecular complexity index is 1300. The molecule has 0 amide bonds. The number of piperazine rings is 1. The molecule has 1 fully saturated rings. The zero-order chi connectivity index (χ0) is 23.7. The molecule has 34 heavy (non-hydrogen) atoms. The van der Waals surface area contributed by atoms with E-state index in [-0.39, 0.29) is 5.82 Å². The van der Waals surface area contributed by atoms with E-state index in [2.05, 4.69) is 44.6 Å². The number of fused-ring (bicyclic) bond motifs is 1. The molecule has 1 aromatic carbocycles. The lowest BCUT2D eigenvalue weighted by Gasteiger charge is -2.36. The molecule has 1 saturated heterocycles. The van der Waals surface area contributed by atoms with E-state index >= 15 is 0 Å². The summed E-state index contributed by atoms with van der Waals surface area (Å²) in [6.45, 7) is 8.33. The Balaban J connectivity index is 1.35. The lowest BCUT2D eigenvalue weighted by Crippen LogP contribution is -2.54. The van der Waals surface area contributed by atoms with Crippen LogP contribution in [-0.2, 0) is 0 Å². The minimum absolute atomic E-state index is 0.329. The summed E-state index contributed by atoms with van der Waals surface area (Å²) in [6, 6.07) is 11.2. The van der Waals surface area contributed by atoms with Gasteiger partial charge in [0.05, 0.1) is 28.6 Å². The standard InChI is InChI=1S/C25H27ClFN7/c1-15-13-34(14-16(2)31-15)8-7-28-18-10-24-23(29-11-18)6-5-22(32-24)20-12-30-33-25(20)19-9-17(26)3-4-21(19)27/h3-6,9-12,15-16,28,31H,7-8,13-14H2,1-2H3,(H,30,33). The van der Waals surface area contributed by atoms with Gasteiger partial charge in [0.15, 0.2) is 0 Å². The van der Waals surface area contributed by atoms with Crippen LogP contribution in [0, 0.1) is 5.82 Å². The van der Waals surface area contributed by atoms with Gasteiger partial charge < -0.3 is 10.6 Å². The predicted octanol–water partition coefficient (Wildman–Crippen LogP) is 4.57. The number of benzene rings is 1. The van der Waals surface area contributed by atoms with Crippen molar-refractivity contribution < 1.29 is 4.39 Å². The molecule has 0 aliphatic carbocycles. The second-order valence-electron chi connectivity index (χ2n) is 8.89. The first kappa shape index (κ1) is 22.7. The number of aromatic amines is 1. The van der Waals surface area contributed by atoms with Crippen molar-refractivity contribution >= 4 is 28.3 Å². The van der Waals surface area contributed by atoms with Crippen molar-refractivity contribution in [3.63, 3.8) is 0 Å². The van der Waals surface area contributed by atoms with Crippen LogP contribution in [0.2, 0.25) is 5.02 Å². The largest absolute Gasteiger partial charge is 0.382 e. The van der Waals surface area contributed by atoms with E-state index in [9.17, 15) is 4.39 Å². The van der Waals surface area contributed by atoms with Crippen molar-refractivity contribution in [3.05, 3.63) is 59.6 Å². The van der Waals surface area contributed by atoms with Gasteiger partial charge in [-0.2, -0.15) is 5.10 Å². The fourth-order valence-corrected chi connectivity index (χ4v) is 4.78. The highest BCUT2D eigenvalue weighted by Crippen LogP contribution is 2.33. The molecular formula is C25H27ClFN7. The van der Waals surface area contributed by atoms with Crippen molar-refractivity contribution in [2.75, 3.05) is 31.5 Å². The van der Waals surface area contributed by atoms with Crippen LogP contribution in [0.3, 0.4) is 0 Å². The second kappa shape index (κ2) is 9.66. The number of nitrogens with zero attached hydrogens (tertiary/aromatic N) is 4. The molecule has 0 saturated carbocycles. The number of pyridine rings is 2. The molecule has 1 aliphatic rings. The van der Waals surface area contributed by atoms with Crippen molar-refractivity contribution in [1.82, 2.24) is 30.4 Å². The minimum atomic E-state index is -0.389. The Morgan fingerprint density at radius 2 is 1.91 bits per heavy atom.